The lowest BCUT2D eigenvalue weighted by Gasteiger charge is -2.15. The van der Waals surface area contributed by atoms with Crippen molar-refractivity contribution in [1.82, 2.24) is 19.7 Å². The highest BCUT2D eigenvalue weighted by molar-refractivity contribution is 7.19. The smallest absolute Gasteiger partial charge is 0.413 e. The number of aliphatic hydroxyl groups is 1. The summed E-state index contributed by atoms with van der Waals surface area (Å²) in [4.78, 5) is 21.2. The zero-order chi connectivity index (χ0) is 22.2. The number of pyridine rings is 1. The molecule has 0 unspecified atom stereocenters. The number of benzene rings is 1. The number of hydrogen-bond acceptors (Lipinski definition) is 7. The maximum absolute atomic E-state index is 15.2. The third kappa shape index (κ3) is 3.33. The van der Waals surface area contributed by atoms with Gasteiger partial charge in [0.1, 0.15) is 5.69 Å². The second kappa shape index (κ2) is 8.13. The Balaban J connectivity index is 1.74. The topological polar surface area (TPSA) is 102 Å². The number of halogens is 1. The van der Waals surface area contributed by atoms with Gasteiger partial charge in [-0.2, -0.15) is 5.10 Å². The normalized spacial score (nSPS) is 12.2. The number of carbonyl (C=O) groups excluding carboxylic acids is 1. The number of amides is 1. The van der Waals surface area contributed by atoms with Gasteiger partial charge in [-0.05, 0) is 31.0 Å². The number of fused-ring (bicyclic) bond motifs is 3. The van der Waals surface area contributed by atoms with Gasteiger partial charge in [-0.15, -0.1) is 0 Å². The van der Waals surface area contributed by atoms with Crippen LogP contribution in [0.25, 0.3) is 27.5 Å². The van der Waals surface area contributed by atoms with Crippen LogP contribution in [0.5, 0.6) is 0 Å². The van der Waals surface area contributed by atoms with Crippen LogP contribution in [0.1, 0.15) is 16.8 Å². The van der Waals surface area contributed by atoms with Crippen LogP contribution in [0.2, 0.25) is 0 Å². The standard InChI is InChI=1S/C22H18FN5O3S/c1-31-22(30)26-21-25-15-8-7-14-18(12-5-3-9-24-10-12)27-28(19(14)20(15)32-21)16-6-2-4-13(11-29)17(16)23/h2-6,9-10,29H,7-8,11H2,1H3,(H,25,26,30). The van der Waals surface area contributed by atoms with Crippen LogP contribution < -0.4 is 5.32 Å². The highest BCUT2D eigenvalue weighted by Crippen LogP contribution is 2.44. The number of rotatable bonds is 4. The molecule has 2 N–H and O–H groups in total. The summed E-state index contributed by atoms with van der Waals surface area (Å²) in [6, 6.07) is 8.58. The molecule has 0 spiro atoms. The largest absolute Gasteiger partial charge is 0.453 e. The lowest BCUT2D eigenvalue weighted by Crippen LogP contribution is -2.10. The van der Waals surface area contributed by atoms with Crippen molar-refractivity contribution in [3.05, 3.63) is 65.4 Å². The molecule has 32 heavy (non-hydrogen) atoms. The number of aromatic nitrogens is 4. The SMILES string of the molecule is COC(=O)Nc1nc2c(s1)-c1c(c(-c3cccnc3)nn1-c1cccc(CO)c1F)CC2. The first kappa shape index (κ1) is 20.3. The van der Waals surface area contributed by atoms with Crippen molar-refractivity contribution in [2.45, 2.75) is 19.4 Å². The maximum atomic E-state index is 15.2. The van der Waals surface area contributed by atoms with Crippen molar-refractivity contribution in [2.75, 3.05) is 12.4 Å². The summed E-state index contributed by atoms with van der Waals surface area (Å²) in [5.41, 5.74) is 4.41. The summed E-state index contributed by atoms with van der Waals surface area (Å²) in [6.07, 6.45) is 4.10. The number of ether oxygens (including phenoxy) is 1. The lowest BCUT2D eigenvalue weighted by molar-refractivity contribution is 0.187. The third-order valence-electron chi connectivity index (χ3n) is 5.29. The molecule has 1 aromatic carbocycles. The maximum Gasteiger partial charge on any atom is 0.413 e. The summed E-state index contributed by atoms with van der Waals surface area (Å²) in [5, 5.41) is 17.3. The molecule has 3 heterocycles. The molecular formula is C22H18FN5O3S. The Hall–Kier alpha value is -3.63. The highest BCUT2D eigenvalue weighted by atomic mass is 32.1. The van der Waals surface area contributed by atoms with Gasteiger partial charge in [-0.25, -0.2) is 18.9 Å². The Kier molecular flexibility index (Phi) is 5.16. The molecule has 1 aliphatic rings. The first-order chi connectivity index (χ1) is 15.6. The Morgan fingerprint density at radius 1 is 1.31 bits per heavy atom. The van der Waals surface area contributed by atoms with E-state index in [-0.39, 0.29) is 11.3 Å². The Morgan fingerprint density at radius 2 is 2.19 bits per heavy atom. The number of aryl methyl sites for hydroxylation is 1. The molecule has 0 fully saturated rings. The Bertz CT molecular complexity index is 1320. The van der Waals surface area contributed by atoms with Crippen LogP contribution in [0.4, 0.5) is 14.3 Å². The summed E-state index contributed by atoms with van der Waals surface area (Å²) in [5.74, 6) is -0.539. The number of nitrogens with zero attached hydrogens (tertiary/aromatic N) is 4. The molecular weight excluding hydrogens is 433 g/mol. The van der Waals surface area contributed by atoms with Gasteiger partial charge in [-0.1, -0.05) is 23.5 Å². The number of thiazole rings is 1. The van der Waals surface area contributed by atoms with E-state index >= 15 is 4.39 Å². The predicted molar refractivity (Wildman–Crippen MR) is 117 cm³/mol. The number of hydrogen-bond donors (Lipinski definition) is 2. The van der Waals surface area contributed by atoms with Gasteiger partial charge < -0.3 is 9.84 Å². The summed E-state index contributed by atoms with van der Waals surface area (Å²) < 4.78 is 21.5. The van der Waals surface area contributed by atoms with E-state index in [1.54, 1.807) is 29.2 Å². The van der Waals surface area contributed by atoms with Crippen molar-refractivity contribution in [3.63, 3.8) is 0 Å². The van der Waals surface area contributed by atoms with E-state index in [0.717, 1.165) is 27.4 Å². The van der Waals surface area contributed by atoms with Crippen molar-refractivity contribution < 1.29 is 19.0 Å². The molecule has 0 saturated heterocycles. The molecule has 8 nitrogen and oxygen atoms in total. The molecule has 162 valence electrons. The van der Waals surface area contributed by atoms with E-state index < -0.39 is 18.5 Å². The van der Waals surface area contributed by atoms with Crippen molar-refractivity contribution in [1.29, 1.82) is 0 Å². The second-order valence-electron chi connectivity index (χ2n) is 7.15. The van der Waals surface area contributed by atoms with Gasteiger partial charge in [0.05, 0.1) is 35.7 Å². The summed E-state index contributed by atoms with van der Waals surface area (Å²) in [6.45, 7) is -0.419. The van der Waals surface area contributed by atoms with Crippen LogP contribution in [-0.4, -0.2) is 38.1 Å². The van der Waals surface area contributed by atoms with Gasteiger partial charge in [-0.3, -0.25) is 10.3 Å². The number of carbonyl (C=O) groups is 1. The third-order valence-corrected chi connectivity index (χ3v) is 6.31. The highest BCUT2D eigenvalue weighted by Gasteiger charge is 2.31. The number of nitrogens with one attached hydrogen (secondary N) is 1. The van der Waals surface area contributed by atoms with Crippen LogP contribution in [0, 0.1) is 5.82 Å². The molecule has 1 amide bonds. The van der Waals surface area contributed by atoms with Gasteiger partial charge in [0.2, 0.25) is 0 Å². The Morgan fingerprint density at radius 3 is 2.94 bits per heavy atom. The van der Waals surface area contributed by atoms with Gasteiger partial charge in [0.25, 0.3) is 0 Å². The fraction of sp³-hybridized carbons (Fsp3) is 0.182. The van der Waals surface area contributed by atoms with E-state index in [0.29, 0.717) is 23.7 Å². The summed E-state index contributed by atoms with van der Waals surface area (Å²) in [7, 11) is 1.28. The first-order valence-electron chi connectivity index (χ1n) is 9.86. The van der Waals surface area contributed by atoms with Crippen LogP contribution in [0.3, 0.4) is 0 Å². The quantitative estimate of drug-likeness (QED) is 0.487. The van der Waals surface area contributed by atoms with Gasteiger partial charge in [0.15, 0.2) is 10.9 Å². The minimum Gasteiger partial charge on any atom is -0.453 e. The zero-order valence-corrected chi connectivity index (χ0v) is 17.8. The van der Waals surface area contributed by atoms with Gasteiger partial charge in [0, 0.05) is 29.1 Å². The molecule has 10 heteroatoms. The molecule has 0 atom stereocenters. The molecule has 0 saturated carbocycles. The van der Waals surface area contributed by atoms with E-state index in [2.05, 4.69) is 20.0 Å². The number of anilines is 1. The number of aliphatic hydroxyl groups excluding tert-OH is 1. The Labute approximate surface area is 186 Å². The molecule has 4 aromatic rings. The van der Waals surface area contributed by atoms with E-state index in [4.69, 9.17) is 5.10 Å². The van der Waals surface area contributed by atoms with E-state index in [9.17, 15) is 9.90 Å². The molecule has 5 rings (SSSR count). The van der Waals surface area contributed by atoms with Crippen LogP contribution >= 0.6 is 11.3 Å². The second-order valence-corrected chi connectivity index (χ2v) is 8.15. The predicted octanol–water partition coefficient (Wildman–Crippen LogP) is 3.97. The average Bonchev–Trinajstić information content (AvgIpc) is 3.40. The monoisotopic (exact) mass is 451 g/mol. The van der Waals surface area contributed by atoms with E-state index in [1.807, 2.05) is 12.1 Å². The minimum atomic E-state index is -0.609. The van der Waals surface area contributed by atoms with Crippen LogP contribution in [-0.2, 0) is 24.2 Å². The molecule has 0 aliphatic heterocycles. The minimum absolute atomic E-state index is 0.183. The molecule has 0 radical (unpaired) electrons. The molecule has 0 bridgehead atoms. The molecule has 1 aliphatic carbocycles. The zero-order valence-electron chi connectivity index (χ0n) is 17.0. The van der Waals surface area contributed by atoms with Crippen molar-refractivity contribution in [3.8, 4) is 27.5 Å². The van der Waals surface area contributed by atoms with Crippen molar-refractivity contribution >= 4 is 22.6 Å². The van der Waals surface area contributed by atoms with Gasteiger partial charge >= 0.3 is 6.09 Å². The van der Waals surface area contributed by atoms with Crippen LogP contribution in [0.15, 0.2) is 42.7 Å². The fourth-order valence-corrected chi connectivity index (χ4v) is 4.88. The summed E-state index contributed by atoms with van der Waals surface area (Å²) >= 11 is 1.28. The number of methoxy groups -OCH3 is 1. The molecule has 3 aromatic heterocycles. The van der Waals surface area contributed by atoms with Crippen molar-refractivity contribution in [2.24, 2.45) is 0 Å². The van der Waals surface area contributed by atoms with E-state index in [1.165, 1.54) is 24.5 Å². The fourth-order valence-electron chi connectivity index (χ4n) is 3.82. The average molecular weight is 451 g/mol. The lowest BCUT2D eigenvalue weighted by atomic mass is 9.95. The first-order valence-corrected chi connectivity index (χ1v) is 10.7.